The van der Waals surface area contributed by atoms with Crippen LogP contribution in [0.15, 0.2) is 0 Å². The molecule has 2 N–H and O–H groups in total. The van der Waals surface area contributed by atoms with Crippen molar-refractivity contribution in [1.82, 2.24) is 0 Å². The van der Waals surface area contributed by atoms with Crippen LogP contribution in [-0.4, -0.2) is 38.7 Å². The maximum Gasteiger partial charge on any atom is 0.514 e. The van der Waals surface area contributed by atoms with Crippen LogP contribution in [-0.2, 0) is 23.8 Å². The van der Waals surface area contributed by atoms with Crippen LogP contribution in [0.2, 0.25) is 0 Å². The molecule has 1 aliphatic rings. The molecule has 0 atom stereocenters. The first-order chi connectivity index (χ1) is 7.39. The number of nitrogens with one attached hydrogen (secondary N) is 2. The molecule has 1 saturated heterocycles. The van der Waals surface area contributed by atoms with E-state index >= 15 is 0 Å². The molecule has 90 valence electrons. The van der Waals surface area contributed by atoms with Gasteiger partial charge in [-0.2, -0.15) is 8.42 Å². The normalized spacial score (nSPS) is 22.4. The number of hydrogen-bond donors (Lipinski definition) is 2. The van der Waals surface area contributed by atoms with E-state index in [2.05, 4.69) is 13.7 Å². The quantitative estimate of drug-likeness (QED) is 0.468. The molecule has 0 aromatic carbocycles. The number of carbonyl (C=O) groups is 1. The number of rotatable bonds is 0. The van der Waals surface area contributed by atoms with E-state index in [1.54, 1.807) is 0 Å². The van der Waals surface area contributed by atoms with E-state index in [9.17, 15) is 13.2 Å². The van der Waals surface area contributed by atoms with Crippen molar-refractivity contribution in [3.05, 3.63) is 0 Å². The Morgan fingerprint density at radius 1 is 1.12 bits per heavy atom. The van der Waals surface area contributed by atoms with Crippen LogP contribution < -0.4 is 0 Å². The molecule has 0 amide bonds. The van der Waals surface area contributed by atoms with Gasteiger partial charge in [0.05, 0.1) is 0 Å². The lowest BCUT2D eigenvalue weighted by Crippen LogP contribution is -2.19. The minimum Gasteiger partial charge on any atom is -0.433 e. The standard InChI is InChI=1S/C7H10N2O6S/c8-5-1-2-6(9)15-16(11,12)4-3-13-7(10)14-5/h8-9H,1-4H2. The number of ether oxygens (including phenoxy) is 2. The van der Waals surface area contributed by atoms with Gasteiger partial charge in [0.15, 0.2) is 5.90 Å². The van der Waals surface area contributed by atoms with E-state index in [1.165, 1.54) is 0 Å². The van der Waals surface area contributed by atoms with E-state index in [0.717, 1.165) is 0 Å². The second-order valence-corrected chi connectivity index (χ2v) is 4.58. The van der Waals surface area contributed by atoms with E-state index in [-0.39, 0.29) is 12.8 Å². The van der Waals surface area contributed by atoms with Gasteiger partial charge in [0.2, 0.25) is 5.90 Å². The van der Waals surface area contributed by atoms with Crippen molar-refractivity contribution in [3.8, 4) is 0 Å². The van der Waals surface area contributed by atoms with Gasteiger partial charge in [0.25, 0.3) is 0 Å². The highest BCUT2D eigenvalue weighted by Crippen LogP contribution is 2.04. The third-order valence-corrected chi connectivity index (χ3v) is 2.69. The Morgan fingerprint density at radius 3 is 2.44 bits per heavy atom. The van der Waals surface area contributed by atoms with E-state index in [4.69, 9.17) is 10.8 Å². The Hall–Kier alpha value is -1.64. The Labute approximate surface area is 91.6 Å². The summed E-state index contributed by atoms with van der Waals surface area (Å²) in [6.45, 7) is -0.443. The summed E-state index contributed by atoms with van der Waals surface area (Å²) in [7, 11) is -3.92. The highest BCUT2D eigenvalue weighted by molar-refractivity contribution is 7.87. The van der Waals surface area contributed by atoms with Gasteiger partial charge in [-0.1, -0.05) is 0 Å². The summed E-state index contributed by atoms with van der Waals surface area (Å²) in [5.41, 5.74) is 0. The Balaban J connectivity index is 2.73. The molecule has 0 unspecified atom stereocenters. The summed E-state index contributed by atoms with van der Waals surface area (Å²) >= 11 is 0. The van der Waals surface area contributed by atoms with Crippen LogP contribution in [0.1, 0.15) is 12.8 Å². The molecule has 1 fully saturated rings. The van der Waals surface area contributed by atoms with Gasteiger partial charge in [0, 0.05) is 12.8 Å². The highest BCUT2D eigenvalue weighted by Gasteiger charge is 2.19. The molecule has 0 saturated carbocycles. The molecular weight excluding hydrogens is 240 g/mol. The van der Waals surface area contributed by atoms with Gasteiger partial charge in [-0.25, -0.2) is 4.79 Å². The van der Waals surface area contributed by atoms with Crippen molar-refractivity contribution in [3.63, 3.8) is 0 Å². The molecule has 1 aliphatic heterocycles. The second-order valence-electron chi connectivity index (χ2n) is 2.89. The maximum absolute atomic E-state index is 11.2. The van der Waals surface area contributed by atoms with Gasteiger partial charge >= 0.3 is 16.3 Å². The average molecular weight is 250 g/mol. The Bertz CT molecular complexity index is 415. The predicted octanol–water partition coefficient (Wildman–Crippen LogP) is 0.234. The minimum atomic E-state index is -3.92. The molecular formula is C7H10N2O6S. The summed E-state index contributed by atoms with van der Waals surface area (Å²) < 4.78 is 35.4. The molecule has 1 heterocycles. The van der Waals surface area contributed by atoms with Crippen molar-refractivity contribution in [2.75, 3.05) is 12.4 Å². The topological polar surface area (TPSA) is 127 Å². The van der Waals surface area contributed by atoms with Crippen LogP contribution in [0.25, 0.3) is 0 Å². The van der Waals surface area contributed by atoms with Crippen LogP contribution in [0.5, 0.6) is 0 Å². The van der Waals surface area contributed by atoms with Crippen molar-refractivity contribution >= 4 is 28.1 Å². The van der Waals surface area contributed by atoms with Gasteiger partial charge in [-0.05, 0) is 0 Å². The monoisotopic (exact) mass is 250 g/mol. The van der Waals surface area contributed by atoms with Crippen LogP contribution in [0.4, 0.5) is 4.79 Å². The first kappa shape index (κ1) is 12.4. The first-order valence-corrected chi connectivity index (χ1v) is 5.88. The van der Waals surface area contributed by atoms with Crippen LogP contribution in [0.3, 0.4) is 0 Å². The zero-order chi connectivity index (χ0) is 12.2. The molecule has 8 nitrogen and oxygen atoms in total. The Morgan fingerprint density at radius 2 is 1.75 bits per heavy atom. The maximum atomic E-state index is 11.2. The summed E-state index contributed by atoms with van der Waals surface area (Å²) in [4.78, 5) is 10.8. The fraction of sp³-hybridized carbons (Fsp3) is 0.571. The van der Waals surface area contributed by atoms with Gasteiger partial charge < -0.3 is 13.7 Å². The lowest BCUT2D eigenvalue weighted by Gasteiger charge is -2.05. The summed E-state index contributed by atoms with van der Waals surface area (Å²) in [5.74, 6) is -1.46. The largest absolute Gasteiger partial charge is 0.514 e. The fourth-order valence-electron chi connectivity index (χ4n) is 0.872. The van der Waals surface area contributed by atoms with Crippen molar-refractivity contribution in [2.45, 2.75) is 12.8 Å². The average Bonchev–Trinajstić information content (AvgIpc) is 2.13. The highest BCUT2D eigenvalue weighted by atomic mass is 32.2. The van der Waals surface area contributed by atoms with Crippen molar-refractivity contribution in [2.24, 2.45) is 0 Å². The van der Waals surface area contributed by atoms with Gasteiger partial charge in [-0.3, -0.25) is 10.8 Å². The fourth-order valence-corrected chi connectivity index (χ4v) is 1.63. The number of cyclic esters (lactones) is 2. The number of hydrogen-bond acceptors (Lipinski definition) is 8. The summed E-state index contributed by atoms with van der Waals surface area (Å²) in [5, 5.41) is 14.3. The van der Waals surface area contributed by atoms with E-state index in [0.29, 0.717) is 0 Å². The minimum absolute atomic E-state index is 0.108. The molecule has 16 heavy (non-hydrogen) atoms. The lowest BCUT2D eigenvalue weighted by atomic mass is 10.3. The van der Waals surface area contributed by atoms with Crippen LogP contribution in [0, 0.1) is 10.8 Å². The van der Waals surface area contributed by atoms with E-state index in [1.807, 2.05) is 0 Å². The van der Waals surface area contributed by atoms with Crippen molar-refractivity contribution < 1.29 is 26.9 Å². The lowest BCUT2D eigenvalue weighted by molar-refractivity contribution is 0.0995. The zero-order valence-corrected chi connectivity index (χ0v) is 9.00. The molecule has 0 spiro atoms. The molecule has 0 aromatic heterocycles. The SMILES string of the molecule is N=C1CCC(=N)OS(=O)(=O)CCOC(=O)O1. The molecule has 9 heteroatoms. The van der Waals surface area contributed by atoms with Gasteiger partial charge in [0.1, 0.15) is 12.4 Å². The van der Waals surface area contributed by atoms with E-state index < -0.39 is 40.4 Å². The summed E-state index contributed by atoms with van der Waals surface area (Å²) in [6, 6.07) is 0. The predicted molar refractivity (Wildman–Crippen MR) is 52.0 cm³/mol. The van der Waals surface area contributed by atoms with Crippen molar-refractivity contribution in [1.29, 1.82) is 10.8 Å². The summed E-state index contributed by atoms with van der Waals surface area (Å²) in [6.07, 6.45) is -1.37. The smallest absolute Gasteiger partial charge is 0.433 e. The zero-order valence-electron chi connectivity index (χ0n) is 8.19. The molecule has 1 rings (SSSR count). The first-order valence-electron chi connectivity index (χ1n) is 4.31. The van der Waals surface area contributed by atoms with Crippen LogP contribution >= 0.6 is 0 Å². The molecule has 0 aromatic rings. The Kier molecular flexibility index (Phi) is 3.82. The third kappa shape index (κ3) is 4.26. The third-order valence-electron chi connectivity index (χ3n) is 1.57. The molecule has 0 bridgehead atoms. The molecule has 0 radical (unpaired) electrons. The molecule has 0 aliphatic carbocycles. The van der Waals surface area contributed by atoms with Gasteiger partial charge in [-0.15, -0.1) is 0 Å². The number of carbonyl (C=O) groups excluding carboxylic acids is 1. The second kappa shape index (κ2) is 4.92.